The van der Waals surface area contributed by atoms with E-state index in [1.807, 2.05) is 63.2 Å². The van der Waals surface area contributed by atoms with E-state index in [4.69, 9.17) is 5.73 Å². The summed E-state index contributed by atoms with van der Waals surface area (Å²) in [5, 5.41) is 3.31. The Morgan fingerprint density at radius 2 is 1.67 bits per heavy atom. The van der Waals surface area contributed by atoms with E-state index >= 15 is 0 Å². The summed E-state index contributed by atoms with van der Waals surface area (Å²) in [6.07, 6.45) is 0. The van der Waals surface area contributed by atoms with Gasteiger partial charge in [-0.25, -0.2) is 0 Å². The molecule has 3 heteroatoms. The van der Waals surface area contributed by atoms with Gasteiger partial charge in [0.1, 0.15) is 5.54 Å². The smallest absolute Gasteiger partial charge is 0.242 e. The monoisotopic (exact) mass is 282 g/mol. The van der Waals surface area contributed by atoms with Crippen molar-refractivity contribution in [3.8, 4) is 0 Å². The number of amides is 1. The Morgan fingerprint density at radius 3 is 2.19 bits per heavy atom. The zero-order chi connectivity index (χ0) is 15.5. The average molecular weight is 282 g/mol. The third kappa shape index (κ3) is 3.50. The van der Waals surface area contributed by atoms with Crippen LogP contribution in [0, 0.1) is 13.8 Å². The van der Waals surface area contributed by atoms with Crippen LogP contribution in [0.15, 0.2) is 48.5 Å². The van der Waals surface area contributed by atoms with E-state index in [-0.39, 0.29) is 5.91 Å². The Balaban J connectivity index is 2.30. The third-order valence-corrected chi connectivity index (χ3v) is 3.78. The van der Waals surface area contributed by atoms with Crippen LogP contribution >= 0.6 is 0 Å². The van der Waals surface area contributed by atoms with Crippen LogP contribution in [0.2, 0.25) is 0 Å². The number of hydrogen-bond donors (Lipinski definition) is 2. The van der Waals surface area contributed by atoms with Gasteiger partial charge in [-0.1, -0.05) is 59.7 Å². The Morgan fingerprint density at radius 1 is 1.10 bits per heavy atom. The number of aryl methyl sites for hydroxylation is 2. The van der Waals surface area contributed by atoms with Crippen molar-refractivity contribution in [1.29, 1.82) is 0 Å². The van der Waals surface area contributed by atoms with Gasteiger partial charge in [0.25, 0.3) is 0 Å². The van der Waals surface area contributed by atoms with Gasteiger partial charge in [0.15, 0.2) is 0 Å². The molecule has 0 aromatic heterocycles. The second-order valence-corrected chi connectivity index (χ2v) is 5.70. The summed E-state index contributed by atoms with van der Waals surface area (Å²) in [7, 11) is 0. The Labute approximate surface area is 126 Å². The lowest BCUT2D eigenvalue weighted by Gasteiger charge is -2.29. The number of carbonyl (C=O) groups excluding carboxylic acids is 1. The molecule has 0 aliphatic rings. The van der Waals surface area contributed by atoms with Gasteiger partial charge in [0, 0.05) is 6.54 Å². The molecule has 0 fully saturated rings. The Kier molecular flexibility index (Phi) is 4.43. The molecular formula is C18H22N2O. The highest BCUT2D eigenvalue weighted by atomic mass is 16.1. The highest BCUT2D eigenvalue weighted by Crippen LogP contribution is 2.23. The van der Waals surface area contributed by atoms with Crippen LogP contribution in [0.1, 0.15) is 29.2 Å². The van der Waals surface area contributed by atoms with Crippen molar-refractivity contribution >= 4 is 5.91 Å². The molecule has 110 valence electrons. The topological polar surface area (TPSA) is 55.1 Å². The Bertz CT molecular complexity index is 617. The Hall–Kier alpha value is -2.13. The molecule has 0 aliphatic heterocycles. The van der Waals surface area contributed by atoms with Gasteiger partial charge in [0.05, 0.1) is 0 Å². The number of benzene rings is 2. The summed E-state index contributed by atoms with van der Waals surface area (Å²) in [4.78, 5) is 12.0. The number of nitrogens with one attached hydrogen (secondary N) is 1. The maximum atomic E-state index is 12.0. The predicted molar refractivity (Wildman–Crippen MR) is 85.7 cm³/mol. The number of rotatable bonds is 5. The van der Waals surface area contributed by atoms with Crippen molar-refractivity contribution in [2.75, 3.05) is 0 Å². The quantitative estimate of drug-likeness (QED) is 0.886. The molecule has 0 spiro atoms. The zero-order valence-corrected chi connectivity index (χ0v) is 12.8. The SMILES string of the molecule is Cc1cc(C)cc(C(C)(NCc2ccccc2)C(N)=O)c1. The molecule has 0 bridgehead atoms. The van der Waals surface area contributed by atoms with E-state index in [0.717, 1.165) is 22.3 Å². The second kappa shape index (κ2) is 6.10. The first kappa shape index (κ1) is 15.3. The molecule has 1 amide bonds. The lowest BCUT2D eigenvalue weighted by Crippen LogP contribution is -2.50. The van der Waals surface area contributed by atoms with Gasteiger partial charge in [-0.15, -0.1) is 0 Å². The van der Waals surface area contributed by atoms with Gasteiger partial charge >= 0.3 is 0 Å². The molecule has 21 heavy (non-hydrogen) atoms. The van der Waals surface area contributed by atoms with Crippen LogP contribution in [-0.2, 0) is 16.9 Å². The molecule has 1 unspecified atom stereocenters. The lowest BCUT2D eigenvalue weighted by atomic mass is 9.88. The molecule has 0 heterocycles. The van der Waals surface area contributed by atoms with Crippen LogP contribution in [0.4, 0.5) is 0 Å². The van der Waals surface area contributed by atoms with Crippen molar-refractivity contribution in [2.45, 2.75) is 32.9 Å². The first-order valence-corrected chi connectivity index (χ1v) is 7.09. The maximum absolute atomic E-state index is 12.0. The summed E-state index contributed by atoms with van der Waals surface area (Å²) >= 11 is 0. The lowest BCUT2D eigenvalue weighted by molar-refractivity contribution is -0.124. The van der Waals surface area contributed by atoms with E-state index < -0.39 is 5.54 Å². The standard InChI is InChI=1S/C18H22N2O/c1-13-9-14(2)11-16(10-13)18(3,17(19)21)20-12-15-7-5-4-6-8-15/h4-11,20H,12H2,1-3H3,(H2,19,21). The average Bonchev–Trinajstić information content (AvgIpc) is 2.44. The van der Waals surface area contributed by atoms with Crippen molar-refractivity contribution in [2.24, 2.45) is 5.73 Å². The fourth-order valence-electron chi connectivity index (χ4n) is 2.47. The fourth-order valence-corrected chi connectivity index (χ4v) is 2.47. The second-order valence-electron chi connectivity index (χ2n) is 5.70. The van der Waals surface area contributed by atoms with E-state index in [9.17, 15) is 4.79 Å². The number of primary amides is 1. The van der Waals surface area contributed by atoms with Gasteiger partial charge in [-0.2, -0.15) is 0 Å². The summed E-state index contributed by atoms with van der Waals surface area (Å²) in [6, 6.07) is 16.1. The fraction of sp³-hybridized carbons (Fsp3) is 0.278. The minimum Gasteiger partial charge on any atom is -0.368 e. The van der Waals surface area contributed by atoms with E-state index in [2.05, 4.69) is 11.4 Å². The van der Waals surface area contributed by atoms with Crippen LogP contribution < -0.4 is 11.1 Å². The minimum absolute atomic E-state index is 0.372. The summed E-state index contributed by atoms with van der Waals surface area (Å²) in [6.45, 7) is 6.48. The number of carbonyl (C=O) groups is 1. The molecule has 2 aromatic rings. The van der Waals surface area contributed by atoms with Crippen molar-refractivity contribution in [3.63, 3.8) is 0 Å². The largest absolute Gasteiger partial charge is 0.368 e. The highest BCUT2D eigenvalue weighted by molar-refractivity contribution is 5.85. The van der Waals surface area contributed by atoms with Crippen molar-refractivity contribution < 1.29 is 4.79 Å². The normalized spacial score (nSPS) is 13.7. The van der Waals surface area contributed by atoms with E-state index in [0.29, 0.717) is 6.54 Å². The van der Waals surface area contributed by atoms with Gasteiger partial charge in [-0.3, -0.25) is 10.1 Å². The molecule has 2 aromatic carbocycles. The first-order valence-electron chi connectivity index (χ1n) is 7.09. The minimum atomic E-state index is -0.882. The third-order valence-electron chi connectivity index (χ3n) is 3.78. The van der Waals surface area contributed by atoms with E-state index in [1.54, 1.807) is 0 Å². The number of hydrogen-bond acceptors (Lipinski definition) is 2. The first-order chi connectivity index (χ1) is 9.91. The summed E-state index contributed by atoms with van der Waals surface area (Å²) in [5.41, 5.74) is 9.06. The van der Waals surface area contributed by atoms with Crippen molar-refractivity contribution in [3.05, 3.63) is 70.8 Å². The van der Waals surface area contributed by atoms with Gasteiger partial charge in [-0.05, 0) is 31.9 Å². The van der Waals surface area contributed by atoms with Crippen LogP contribution in [0.25, 0.3) is 0 Å². The molecule has 1 atom stereocenters. The molecular weight excluding hydrogens is 260 g/mol. The van der Waals surface area contributed by atoms with Gasteiger partial charge < -0.3 is 5.73 Å². The molecule has 0 saturated heterocycles. The molecule has 0 radical (unpaired) electrons. The van der Waals surface area contributed by atoms with Crippen LogP contribution in [-0.4, -0.2) is 5.91 Å². The zero-order valence-electron chi connectivity index (χ0n) is 12.8. The highest BCUT2D eigenvalue weighted by Gasteiger charge is 2.32. The van der Waals surface area contributed by atoms with Crippen molar-refractivity contribution in [1.82, 2.24) is 5.32 Å². The van der Waals surface area contributed by atoms with E-state index in [1.165, 1.54) is 0 Å². The maximum Gasteiger partial charge on any atom is 0.242 e. The van der Waals surface area contributed by atoms with Crippen LogP contribution in [0.3, 0.4) is 0 Å². The molecule has 0 aliphatic carbocycles. The number of nitrogens with two attached hydrogens (primary N) is 1. The molecule has 2 rings (SSSR count). The van der Waals surface area contributed by atoms with Crippen LogP contribution in [0.5, 0.6) is 0 Å². The van der Waals surface area contributed by atoms with Gasteiger partial charge in [0.2, 0.25) is 5.91 Å². The molecule has 0 saturated carbocycles. The molecule has 3 nitrogen and oxygen atoms in total. The molecule has 3 N–H and O–H groups in total. The summed E-state index contributed by atoms with van der Waals surface area (Å²) in [5.74, 6) is -0.372. The predicted octanol–water partition coefficient (Wildman–Crippen LogP) is 2.79. The summed E-state index contributed by atoms with van der Waals surface area (Å²) < 4.78 is 0.